The lowest BCUT2D eigenvalue weighted by Crippen LogP contribution is -2.30. The van der Waals surface area contributed by atoms with E-state index in [2.05, 4.69) is 0 Å². The van der Waals surface area contributed by atoms with E-state index in [0.29, 0.717) is 5.75 Å². The Morgan fingerprint density at radius 2 is 1.81 bits per heavy atom. The highest BCUT2D eigenvalue weighted by Gasteiger charge is 2.39. The highest BCUT2D eigenvalue weighted by molar-refractivity contribution is 5.96. The van der Waals surface area contributed by atoms with Gasteiger partial charge in [-0.15, -0.1) is 0 Å². The second-order valence-corrected chi connectivity index (χ2v) is 4.37. The average Bonchev–Trinajstić information content (AvgIpc) is 2.40. The Bertz CT molecular complexity index is 653. The van der Waals surface area contributed by atoms with Crippen molar-refractivity contribution in [3.8, 4) is 11.5 Å². The van der Waals surface area contributed by atoms with E-state index in [9.17, 15) is 18.0 Å². The van der Waals surface area contributed by atoms with Gasteiger partial charge in [0.1, 0.15) is 5.75 Å². The third-order valence-electron chi connectivity index (χ3n) is 2.61. The number of alkyl halides is 3. The molecule has 2 aromatic carbocycles. The van der Waals surface area contributed by atoms with E-state index in [1.54, 1.807) is 29.6 Å². The van der Waals surface area contributed by atoms with Gasteiger partial charge in [-0.05, 0) is 36.8 Å². The van der Waals surface area contributed by atoms with Crippen molar-refractivity contribution < 1.29 is 22.7 Å². The zero-order valence-corrected chi connectivity index (χ0v) is 11.1. The summed E-state index contributed by atoms with van der Waals surface area (Å²) in [6, 6.07) is 13.0. The standard InChI is InChI=1S/C15H12F3NO2/c1-10-5-4-6-11(9-10)21-13-8-3-2-7-12(13)19-14(20)15(16,17)18/h2-9H,1H3,(H,19,20). The third kappa shape index (κ3) is 3.98. The number of amides is 1. The number of ether oxygens (including phenoxy) is 1. The lowest BCUT2D eigenvalue weighted by atomic mass is 10.2. The van der Waals surface area contributed by atoms with Crippen LogP contribution in [-0.4, -0.2) is 12.1 Å². The Balaban J connectivity index is 2.23. The van der Waals surface area contributed by atoms with Gasteiger partial charge in [0.25, 0.3) is 0 Å². The molecule has 0 aromatic heterocycles. The third-order valence-corrected chi connectivity index (χ3v) is 2.61. The van der Waals surface area contributed by atoms with Gasteiger partial charge < -0.3 is 10.1 Å². The van der Waals surface area contributed by atoms with Crippen molar-refractivity contribution in [2.45, 2.75) is 13.1 Å². The molecule has 0 heterocycles. The van der Waals surface area contributed by atoms with E-state index < -0.39 is 12.1 Å². The molecule has 0 aliphatic carbocycles. The summed E-state index contributed by atoms with van der Waals surface area (Å²) < 4.78 is 42.4. The summed E-state index contributed by atoms with van der Waals surface area (Å²) in [6.45, 7) is 1.87. The Labute approximate surface area is 119 Å². The molecule has 110 valence electrons. The van der Waals surface area contributed by atoms with Crippen molar-refractivity contribution in [2.24, 2.45) is 0 Å². The van der Waals surface area contributed by atoms with Crippen molar-refractivity contribution in [1.82, 2.24) is 0 Å². The molecule has 0 bridgehead atoms. The number of benzene rings is 2. The van der Waals surface area contributed by atoms with E-state index in [-0.39, 0.29) is 11.4 Å². The van der Waals surface area contributed by atoms with E-state index in [4.69, 9.17) is 4.74 Å². The van der Waals surface area contributed by atoms with Crippen LogP contribution in [0.15, 0.2) is 48.5 Å². The Morgan fingerprint density at radius 3 is 2.48 bits per heavy atom. The topological polar surface area (TPSA) is 38.3 Å². The summed E-state index contributed by atoms with van der Waals surface area (Å²) in [5.41, 5.74) is 0.908. The Hall–Kier alpha value is -2.50. The van der Waals surface area contributed by atoms with Crippen LogP contribution in [0.4, 0.5) is 18.9 Å². The van der Waals surface area contributed by atoms with Crippen LogP contribution in [0.5, 0.6) is 11.5 Å². The van der Waals surface area contributed by atoms with Gasteiger partial charge in [-0.3, -0.25) is 4.79 Å². The molecular weight excluding hydrogens is 283 g/mol. The summed E-state index contributed by atoms with van der Waals surface area (Å²) in [5.74, 6) is -1.42. The fourth-order valence-electron chi connectivity index (χ4n) is 1.66. The minimum absolute atomic E-state index is 0.0404. The van der Waals surface area contributed by atoms with Gasteiger partial charge in [0, 0.05) is 0 Å². The van der Waals surface area contributed by atoms with E-state index in [0.717, 1.165) is 5.56 Å². The van der Waals surface area contributed by atoms with Gasteiger partial charge in [0.05, 0.1) is 5.69 Å². The second kappa shape index (κ2) is 5.87. The smallest absolute Gasteiger partial charge is 0.455 e. The summed E-state index contributed by atoms with van der Waals surface area (Å²) in [7, 11) is 0. The molecule has 3 nitrogen and oxygen atoms in total. The molecule has 2 rings (SSSR count). The first-order valence-electron chi connectivity index (χ1n) is 6.08. The van der Waals surface area contributed by atoms with Gasteiger partial charge in [-0.1, -0.05) is 24.3 Å². The van der Waals surface area contributed by atoms with Crippen LogP contribution in [0.2, 0.25) is 0 Å². The fourth-order valence-corrected chi connectivity index (χ4v) is 1.66. The summed E-state index contributed by atoms with van der Waals surface area (Å²) in [5, 5.41) is 1.80. The molecule has 1 N–H and O–H groups in total. The lowest BCUT2D eigenvalue weighted by Gasteiger charge is -2.13. The number of hydrogen-bond donors (Lipinski definition) is 1. The minimum Gasteiger partial charge on any atom is -0.455 e. The molecule has 0 aliphatic heterocycles. The van der Waals surface area contributed by atoms with Gasteiger partial charge in [-0.25, -0.2) is 0 Å². The molecule has 1 amide bonds. The largest absolute Gasteiger partial charge is 0.471 e. The van der Waals surface area contributed by atoms with Gasteiger partial charge in [-0.2, -0.15) is 13.2 Å². The first-order valence-corrected chi connectivity index (χ1v) is 6.08. The van der Waals surface area contributed by atoms with Crippen molar-refractivity contribution in [3.63, 3.8) is 0 Å². The summed E-state index contributed by atoms with van der Waals surface area (Å²) in [4.78, 5) is 11.0. The maximum Gasteiger partial charge on any atom is 0.471 e. The molecular formula is C15H12F3NO2. The predicted molar refractivity (Wildman–Crippen MR) is 72.4 cm³/mol. The van der Waals surface area contributed by atoms with E-state index >= 15 is 0 Å². The number of carbonyl (C=O) groups is 1. The molecule has 0 aliphatic rings. The van der Waals surface area contributed by atoms with Crippen LogP contribution < -0.4 is 10.1 Å². The van der Waals surface area contributed by atoms with Crippen LogP contribution in [-0.2, 0) is 4.79 Å². The Kier molecular flexibility index (Phi) is 4.16. The van der Waals surface area contributed by atoms with E-state index in [1.165, 1.54) is 18.2 Å². The van der Waals surface area contributed by atoms with Crippen LogP contribution in [0, 0.1) is 6.92 Å². The maximum atomic E-state index is 12.3. The predicted octanol–water partition coefficient (Wildman–Crippen LogP) is 4.29. The zero-order chi connectivity index (χ0) is 15.5. The molecule has 0 spiro atoms. The number of aryl methyl sites for hydroxylation is 1. The average molecular weight is 295 g/mol. The number of para-hydroxylation sites is 2. The Morgan fingerprint density at radius 1 is 1.10 bits per heavy atom. The molecule has 0 saturated heterocycles. The monoisotopic (exact) mass is 295 g/mol. The fraction of sp³-hybridized carbons (Fsp3) is 0.133. The molecule has 0 saturated carbocycles. The molecule has 21 heavy (non-hydrogen) atoms. The van der Waals surface area contributed by atoms with Crippen LogP contribution in [0.1, 0.15) is 5.56 Å². The zero-order valence-electron chi connectivity index (χ0n) is 11.1. The lowest BCUT2D eigenvalue weighted by molar-refractivity contribution is -0.167. The van der Waals surface area contributed by atoms with Crippen molar-refractivity contribution >= 4 is 11.6 Å². The highest BCUT2D eigenvalue weighted by Crippen LogP contribution is 2.30. The van der Waals surface area contributed by atoms with Gasteiger partial charge in [0.15, 0.2) is 5.75 Å². The van der Waals surface area contributed by atoms with Gasteiger partial charge in [0.2, 0.25) is 0 Å². The maximum absolute atomic E-state index is 12.3. The number of rotatable bonds is 3. The van der Waals surface area contributed by atoms with Crippen LogP contribution in [0.3, 0.4) is 0 Å². The number of halogens is 3. The molecule has 0 radical (unpaired) electrons. The van der Waals surface area contributed by atoms with Crippen LogP contribution >= 0.6 is 0 Å². The molecule has 2 aromatic rings. The van der Waals surface area contributed by atoms with Crippen molar-refractivity contribution in [3.05, 3.63) is 54.1 Å². The quantitative estimate of drug-likeness (QED) is 0.917. The minimum atomic E-state index is -4.95. The first-order chi connectivity index (χ1) is 9.86. The van der Waals surface area contributed by atoms with Crippen molar-refractivity contribution in [1.29, 1.82) is 0 Å². The molecule has 0 atom stereocenters. The normalized spacial score (nSPS) is 11.0. The molecule has 0 fully saturated rings. The van der Waals surface area contributed by atoms with Crippen LogP contribution in [0.25, 0.3) is 0 Å². The summed E-state index contributed by atoms with van der Waals surface area (Å²) >= 11 is 0. The molecule has 6 heteroatoms. The SMILES string of the molecule is Cc1cccc(Oc2ccccc2NC(=O)C(F)(F)F)c1. The molecule has 0 unspecified atom stereocenters. The van der Waals surface area contributed by atoms with E-state index in [1.807, 2.05) is 13.0 Å². The number of hydrogen-bond acceptors (Lipinski definition) is 2. The second-order valence-electron chi connectivity index (χ2n) is 4.37. The first kappa shape index (κ1) is 14.9. The summed E-state index contributed by atoms with van der Waals surface area (Å²) in [6.07, 6.45) is -4.95. The van der Waals surface area contributed by atoms with Gasteiger partial charge >= 0.3 is 12.1 Å². The number of anilines is 1. The number of nitrogens with one attached hydrogen (secondary N) is 1. The highest BCUT2D eigenvalue weighted by atomic mass is 19.4. The number of carbonyl (C=O) groups excluding carboxylic acids is 1. The van der Waals surface area contributed by atoms with Crippen molar-refractivity contribution in [2.75, 3.05) is 5.32 Å².